The fraction of sp³-hybridized carbons (Fsp3) is 0.333. The van der Waals surface area contributed by atoms with Crippen molar-refractivity contribution in [3.05, 3.63) is 41.0 Å². The van der Waals surface area contributed by atoms with E-state index in [-0.39, 0.29) is 0 Å². The van der Waals surface area contributed by atoms with Crippen LogP contribution in [0.3, 0.4) is 0 Å². The molecule has 0 aliphatic heterocycles. The maximum Gasteiger partial charge on any atom is 0.0162 e. The minimum atomic E-state index is 0.952. The Kier molecular flexibility index (Phi) is 3.71. The molecule has 0 unspecified atom stereocenters. The molecule has 0 bridgehead atoms. The van der Waals surface area contributed by atoms with Gasteiger partial charge in [-0.05, 0) is 26.5 Å². The van der Waals surface area contributed by atoms with Crippen LogP contribution >= 0.6 is 0 Å². The number of rotatable bonds is 3. The van der Waals surface area contributed by atoms with E-state index in [2.05, 4.69) is 49.5 Å². The molecule has 0 amide bonds. The van der Waals surface area contributed by atoms with Gasteiger partial charge >= 0.3 is 0 Å². The van der Waals surface area contributed by atoms with Crippen LogP contribution < -0.4 is 5.32 Å². The van der Waals surface area contributed by atoms with E-state index in [9.17, 15) is 0 Å². The molecule has 1 heteroatoms. The zero-order chi connectivity index (χ0) is 9.68. The van der Waals surface area contributed by atoms with E-state index < -0.39 is 0 Å². The predicted molar refractivity (Wildman–Crippen MR) is 58.8 cm³/mol. The Morgan fingerprint density at radius 2 is 1.92 bits per heavy atom. The number of likely N-dealkylation sites (N-methyl/N-ethyl adjacent to an activating group) is 1. The average Bonchev–Trinajstić information content (AvgIpc) is 2.09. The van der Waals surface area contributed by atoms with E-state index in [4.69, 9.17) is 0 Å². The first-order valence-electron chi connectivity index (χ1n) is 4.61. The Morgan fingerprint density at radius 1 is 1.31 bits per heavy atom. The molecular formula is C12H17N. The Balaban J connectivity index is 2.73. The van der Waals surface area contributed by atoms with Crippen molar-refractivity contribution in [3.63, 3.8) is 0 Å². The summed E-state index contributed by atoms with van der Waals surface area (Å²) in [5.74, 6) is 0. The Morgan fingerprint density at radius 3 is 2.46 bits per heavy atom. The van der Waals surface area contributed by atoms with E-state index in [1.807, 2.05) is 7.05 Å². The second kappa shape index (κ2) is 4.83. The number of nitrogens with one attached hydrogen (secondary N) is 1. The Bertz CT molecular complexity index is 282. The lowest BCUT2D eigenvalue weighted by Crippen LogP contribution is -2.08. The largest absolute Gasteiger partial charge is 0.316 e. The zero-order valence-corrected chi connectivity index (χ0v) is 8.59. The van der Waals surface area contributed by atoms with Crippen LogP contribution in [0, 0.1) is 6.92 Å². The first-order valence-corrected chi connectivity index (χ1v) is 4.61. The van der Waals surface area contributed by atoms with Gasteiger partial charge in [-0.3, -0.25) is 0 Å². The molecule has 0 spiro atoms. The molecule has 0 atom stereocenters. The lowest BCUT2D eigenvalue weighted by molar-refractivity contribution is 0.884. The highest BCUT2D eigenvalue weighted by atomic mass is 14.8. The van der Waals surface area contributed by atoms with Crippen LogP contribution in [-0.2, 0) is 0 Å². The maximum atomic E-state index is 3.13. The fourth-order valence-corrected chi connectivity index (χ4v) is 1.28. The summed E-state index contributed by atoms with van der Waals surface area (Å²) >= 11 is 0. The molecule has 1 aromatic rings. The summed E-state index contributed by atoms with van der Waals surface area (Å²) in [6.07, 6.45) is 2.20. The Hall–Kier alpha value is -1.08. The summed E-state index contributed by atoms with van der Waals surface area (Å²) in [5, 5.41) is 3.13. The first-order chi connectivity index (χ1) is 6.22. The third-order valence-electron chi connectivity index (χ3n) is 1.95. The van der Waals surface area contributed by atoms with Crippen molar-refractivity contribution in [2.75, 3.05) is 13.6 Å². The summed E-state index contributed by atoms with van der Waals surface area (Å²) in [5.41, 5.74) is 3.94. The lowest BCUT2D eigenvalue weighted by atomic mass is 10.1. The normalized spacial score (nSPS) is 11.8. The Labute approximate surface area is 80.5 Å². The molecule has 0 saturated carbocycles. The summed E-state index contributed by atoms with van der Waals surface area (Å²) in [6, 6.07) is 8.57. The lowest BCUT2D eigenvalue weighted by Gasteiger charge is -2.00. The summed E-state index contributed by atoms with van der Waals surface area (Å²) in [6.45, 7) is 5.19. The van der Waals surface area contributed by atoms with Crippen molar-refractivity contribution in [3.8, 4) is 0 Å². The second-order valence-corrected chi connectivity index (χ2v) is 3.43. The topological polar surface area (TPSA) is 12.0 Å². The number of benzene rings is 1. The molecule has 0 aromatic heterocycles. The molecule has 1 rings (SSSR count). The molecule has 70 valence electrons. The molecule has 13 heavy (non-hydrogen) atoms. The van der Waals surface area contributed by atoms with Crippen molar-refractivity contribution in [1.29, 1.82) is 0 Å². The van der Waals surface area contributed by atoms with Gasteiger partial charge in [-0.2, -0.15) is 0 Å². The molecule has 0 aliphatic carbocycles. The monoisotopic (exact) mass is 175 g/mol. The van der Waals surface area contributed by atoms with Crippen molar-refractivity contribution in [2.24, 2.45) is 0 Å². The van der Waals surface area contributed by atoms with Gasteiger partial charge in [0.15, 0.2) is 0 Å². The minimum Gasteiger partial charge on any atom is -0.316 e. The van der Waals surface area contributed by atoms with E-state index in [0.29, 0.717) is 0 Å². The second-order valence-electron chi connectivity index (χ2n) is 3.43. The van der Waals surface area contributed by atoms with Gasteiger partial charge in [-0.15, -0.1) is 0 Å². The van der Waals surface area contributed by atoms with Gasteiger partial charge in [-0.1, -0.05) is 41.5 Å². The van der Waals surface area contributed by atoms with Crippen LogP contribution in [0.25, 0.3) is 6.08 Å². The fourth-order valence-electron chi connectivity index (χ4n) is 1.28. The third kappa shape index (κ3) is 3.43. The average molecular weight is 175 g/mol. The van der Waals surface area contributed by atoms with Gasteiger partial charge in [0.05, 0.1) is 0 Å². The molecule has 1 nitrogen and oxygen atoms in total. The van der Waals surface area contributed by atoms with Gasteiger partial charge in [0.2, 0.25) is 0 Å². The highest BCUT2D eigenvalue weighted by Gasteiger charge is 1.89. The van der Waals surface area contributed by atoms with E-state index in [0.717, 1.165) is 6.54 Å². The smallest absolute Gasteiger partial charge is 0.0162 e. The standard InChI is InChI=1S/C12H17N/c1-10-4-6-12(7-5-10)8-11(2)9-13-3/h4-8,13H,9H2,1-3H3/b11-8+. The van der Waals surface area contributed by atoms with Crippen LogP contribution in [0.1, 0.15) is 18.1 Å². The minimum absolute atomic E-state index is 0.952. The van der Waals surface area contributed by atoms with Crippen molar-refractivity contribution in [2.45, 2.75) is 13.8 Å². The van der Waals surface area contributed by atoms with Crippen LogP contribution in [0.2, 0.25) is 0 Å². The highest BCUT2D eigenvalue weighted by Crippen LogP contribution is 2.07. The molecule has 0 saturated heterocycles. The van der Waals surface area contributed by atoms with Crippen LogP contribution in [0.4, 0.5) is 0 Å². The SMILES string of the molecule is CNC/C(C)=C/c1ccc(C)cc1. The molecule has 1 aromatic carbocycles. The molecule has 0 radical (unpaired) electrons. The maximum absolute atomic E-state index is 3.13. The first kappa shape index (κ1) is 10.0. The molecule has 0 heterocycles. The quantitative estimate of drug-likeness (QED) is 0.744. The number of aryl methyl sites for hydroxylation is 1. The van der Waals surface area contributed by atoms with Crippen molar-refractivity contribution in [1.82, 2.24) is 5.32 Å². The summed E-state index contributed by atoms with van der Waals surface area (Å²) in [7, 11) is 1.96. The third-order valence-corrected chi connectivity index (χ3v) is 1.95. The van der Waals surface area contributed by atoms with E-state index in [1.165, 1.54) is 16.7 Å². The van der Waals surface area contributed by atoms with Crippen LogP contribution in [-0.4, -0.2) is 13.6 Å². The molecule has 0 aliphatic rings. The van der Waals surface area contributed by atoms with E-state index >= 15 is 0 Å². The van der Waals surface area contributed by atoms with Crippen molar-refractivity contribution < 1.29 is 0 Å². The van der Waals surface area contributed by atoms with Gasteiger partial charge < -0.3 is 5.32 Å². The van der Waals surface area contributed by atoms with Crippen molar-refractivity contribution >= 4 is 6.08 Å². The van der Waals surface area contributed by atoms with Gasteiger partial charge in [0.1, 0.15) is 0 Å². The molecule has 1 N–H and O–H groups in total. The highest BCUT2D eigenvalue weighted by molar-refractivity contribution is 5.52. The predicted octanol–water partition coefficient (Wildman–Crippen LogP) is 2.62. The van der Waals surface area contributed by atoms with Gasteiger partial charge in [-0.25, -0.2) is 0 Å². The zero-order valence-electron chi connectivity index (χ0n) is 8.59. The van der Waals surface area contributed by atoms with E-state index in [1.54, 1.807) is 0 Å². The molecular weight excluding hydrogens is 158 g/mol. The summed E-state index contributed by atoms with van der Waals surface area (Å²) < 4.78 is 0. The summed E-state index contributed by atoms with van der Waals surface area (Å²) in [4.78, 5) is 0. The molecule has 0 fully saturated rings. The number of hydrogen-bond donors (Lipinski definition) is 1. The van der Waals surface area contributed by atoms with Crippen LogP contribution in [0.5, 0.6) is 0 Å². The van der Waals surface area contributed by atoms with Gasteiger partial charge in [0.25, 0.3) is 0 Å². The van der Waals surface area contributed by atoms with Crippen LogP contribution in [0.15, 0.2) is 29.8 Å². The number of hydrogen-bond acceptors (Lipinski definition) is 1. The van der Waals surface area contributed by atoms with Gasteiger partial charge in [0, 0.05) is 6.54 Å².